The van der Waals surface area contributed by atoms with Crippen LogP contribution in [-0.4, -0.2) is 45.2 Å². The molecule has 3 N–H and O–H groups in total. The zero-order valence-corrected chi connectivity index (χ0v) is 17.6. The molecule has 0 unspecified atom stereocenters. The van der Waals surface area contributed by atoms with Crippen molar-refractivity contribution in [2.75, 3.05) is 38.6 Å². The van der Waals surface area contributed by atoms with Gasteiger partial charge in [-0.25, -0.2) is 0 Å². The summed E-state index contributed by atoms with van der Waals surface area (Å²) in [6.45, 7) is 9.11. The van der Waals surface area contributed by atoms with Gasteiger partial charge in [0.25, 0.3) is 5.91 Å². The lowest BCUT2D eigenvalue weighted by molar-refractivity contribution is -1.02. The van der Waals surface area contributed by atoms with Gasteiger partial charge in [-0.2, -0.15) is 0 Å². The molecule has 3 rings (SSSR count). The van der Waals surface area contributed by atoms with Crippen LogP contribution < -0.4 is 19.9 Å². The Balaban J connectivity index is 1.55. The number of rotatable bonds is 6. The van der Waals surface area contributed by atoms with Crippen LogP contribution in [0.4, 0.5) is 5.69 Å². The minimum absolute atomic E-state index is 0.0153. The largest absolute Gasteiger partial charge is 0.495 e. The van der Waals surface area contributed by atoms with Gasteiger partial charge in [0.15, 0.2) is 6.04 Å². The fourth-order valence-electron chi connectivity index (χ4n) is 3.78. The predicted octanol–water partition coefficient (Wildman–Crippen LogP) is 0.968. The third-order valence-corrected chi connectivity index (χ3v) is 6.05. The van der Waals surface area contributed by atoms with Gasteiger partial charge in [-0.15, -0.1) is 0 Å². The average molecular weight is 404 g/mol. The summed E-state index contributed by atoms with van der Waals surface area (Å²) in [6, 6.07) is 14.1. The van der Waals surface area contributed by atoms with Gasteiger partial charge in [0.05, 0.1) is 12.8 Å². The number of hydrogen-bond donors (Lipinski definition) is 3. The van der Waals surface area contributed by atoms with Gasteiger partial charge in [-0.05, 0) is 25.5 Å². The van der Waals surface area contributed by atoms with Crippen molar-refractivity contribution in [3.8, 4) is 5.75 Å². The van der Waals surface area contributed by atoms with Crippen molar-refractivity contribution in [3.63, 3.8) is 0 Å². The number of hydrogen-bond acceptors (Lipinski definition) is 2. The number of quaternary nitrogens is 2. The van der Waals surface area contributed by atoms with Crippen molar-refractivity contribution in [3.05, 3.63) is 58.6 Å². The summed E-state index contributed by atoms with van der Waals surface area (Å²) in [5.41, 5.74) is 2.96. The molecule has 1 aliphatic rings. The number of halogens is 1. The molecule has 28 heavy (non-hydrogen) atoms. The highest BCUT2D eigenvalue weighted by molar-refractivity contribution is 6.31. The first-order chi connectivity index (χ1) is 13.5. The number of amides is 1. The van der Waals surface area contributed by atoms with Gasteiger partial charge in [-0.3, -0.25) is 4.79 Å². The van der Waals surface area contributed by atoms with Crippen LogP contribution in [0.1, 0.15) is 18.1 Å². The van der Waals surface area contributed by atoms with E-state index in [1.807, 2.05) is 19.9 Å². The molecule has 1 heterocycles. The Hall–Kier alpha value is -2.08. The summed E-state index contributed by atoms with van der Waals surface area (Å²) in [6.07, 6.45) is 0. The summed E-state index contributed by atoms with van der Waals surface area (Å²) in [7, 11) is 1.58. The summed E-state index contributed by atoms with van der Waals surface area (Å²) < 4.78 is 5.37. The number of anilines is 1. The Morgan fingerprint density at radius 3 is 2.50 bits per heavy atom. The van der Waals surface area contributed by atoms with Gasteiger partial charge in [0.1, 0.15) is 38.5 Å². The van der Waals surface area contributed by atoms with Crippen molar-refractivity contribution in [1.82, 2.24) is 0 Å². The maximum atomic E-state index is 12.8. The molecule has 2 aromatic rings. The molecule has 6 heteroatoms. The topological polar surface area (TPSA) is 47.2 Å². The number of carbonyl (C=O) groups is 1. The van der Waals surface area contributed by atoms with Crippen LogP contribution in [0.2, 0.25) is 5.02 Å². The van der Waals surface area contributed by atoms with Gasteiger partial charge in [0.2, 0.25) is 0 Å². The molecule has 1 saturated heterocycles. The van der Waals surface area contributed by atoms with Crippen molar-refractivity contribution in [2.45, 2.75) is 26.4 Å². The quantitative estimate of drug-likeness (QED) is 0.673. The third-order valence-electron chi connectivity index (χ3n) is 5.64. The second-order valence-corrected chi connectivity index (χ2v) is 7.99. The average Bonchev–Trinajstić information content (AvgIpc) is 2.71. The van der Waals surface area contributed by atoms with Crippen LogP contribution in [0.5, 0.6) is 5.75 Å². The highest BCUT2D eigenvalue weighted by Crippen LogP contribution is 2.30. The van der Waals surface area contributed by atoms with Crippen molar-refractivity contribution in [1.29, 1.82) is 0 Å². The van der Waals surface area contributed by atoms with E-state index in [1.165, 1.54) is 10.5 Å². The Labute approximate surface area is 172 Å². The van der Waals surface area contributed by atoms with Crippen molar-refractivity contribution in [2.24, 2.45) is 0 Å². The van der Waals surface area contributed by atoms with E-state index in [1.54, 1.807) is 18.1 Å². The Bertz CT molecular complexity index is 805. The van der Waals surface area contributed by atoms with E-state index in [-0.39, 0.29) is 11.9 Å². The first-order valence-electron chi connectivity index (χ1n) is 9.85. The number of benzene rings is 2. The highest BCUT2D eigenvalue weighted by Gasteiger charge is 2.31. The van der Waals surface area contributed by atoms with Crippen LogP contribution in [0.25, 0.3) is 0 Å². The molecular formula is C22H30ClN3O2+2. The van der Waals surface area contributed by atoms with E-state index in [0.29, 0.717) is 16.5 Å². The van der Waals surface area contributed by atoms with Gasteiger partial charge < -0.3 is 19.9 Å². The number of nitrogens with one attached hydrogen (secondary N) is 3. The molecule has 0 aliphatic carbocycles. The minimum Gasteiger partial charge on any atom is -0.495 e. The van der Waals surface area contributed by atoms with Gasteiger partial charge >= 0.3 is 0 Å². The van der Waals surface area contributed by atoms with E-state index >= 15 is 0 Å². The van der Waals surface area contributed by atoms with Crippen LogP contribution in [0.3, 0.4) is 0 Å². The second kappa shape index (κ2) is 9.41. The maximum Gasteiger partial charge on any atom is 0.282 e. The zero-order chi connectivity index (χ0) is 20.1. The smallest absolute Gasteiger partial charge is 0.282 e. The zero-order valence-electron chi connectivity index (χ0n) is 16.8. The monoisotopic (exact) mass is 403 g/mol. The van der Waals surface area contributed by atoms with Crippen molar-refractivity contribution >= 4 is 23.2 Å². The van der Waals surface area contributed by atoms with Gasteiger partial charge in [0, 0.05) is 16.7 Å². The molecule has 150 valence electrons. The number of aryl methyl sites for hydroxylation is 1. The molecule has 5 nitrogen and oxygen atoms in total. The number of ether oxygens (including phenoxy) is 1. The van der Waals surface area contributed by atoms with E-state index in [9.17, 15) is 4.79 Å². The number of carbonyl (C=O) groups excluding carboxylic acids is 1. The SMILES string of the molecule is COc1cc(Cl)c(C)cc1NC(=O)[C@H](C)[NH+]1CC[NH+](Cc2ccccc2)CC1. The first kappa shape index (κ1) is 20.6. The summed E-state index contributed by atoms with van der Waals surface area (Å²) >= 11 is 6.16. The van der Waals surface area contributed by atoms with Crippen LogP contribution in [-0.2, 0) is 11.3 Å². The summed E-state index contributed by atoms with van der Waals surface area (Å²) in [5, 5.41) is 3.66. The highest BCUT2D eigenvalue weighted by atomic mass is 35.5. The van der Waals surface area contributed by atoms with E-state index in [2.05, 4.69) is 35.6 Å². The molecule has 0 spiro atoms. The van der Waals surface area contributed by atoms with Gasteiger partial charge in [-0.1, -0.05) is 41.9 Å². The molecular weight excluding hydrogens is 374 g/mol. The summed E-state index contributed by atoms with van der Waals surface area (Å²) in [5.74, 6) is 0.602. The molecule has 0 bridgehead atoms. The predicted molar refractivity (Wildman–Crippen MR) is 112 cm³/mol. The Morgan fingerprint density at radius 2 is 1.86 bits per heavy atom. The molecule has 2 aromatic carbocycles. The second-order valence-electron chi connectivity index (χ2n) is 7.58. The van der Waals surface area contributed by atoms with Crippen LogP contribution in [0, 0.1) is 6.92 Å². The van der Waals surface area contributed by atoms with E-state index < -0.39 is 0 Å². The molecule has 0 radical (unpaired) electrons. The molecule has 0 saturated carbocycles. The fraction of sp³-hybridized carbons (Fsp3) is 0.409. The van der Waals surface area contributed by atoms with Crippen molar-refractivity contribution < 1.29 is 19.3 Å². The molecule has 1 amide bonds. The molecule has 1 atom stereocenters. The molecule has 0 aromatic heterocycles. The minimum atomic E-state index is -0.112. The fourth-order valence-corrected chi connectivity index (χ4v) is 3.93. The lowest BCUT2D eigenvalue weighted by Gasteiger charge is -2.32. The lowest BCUT2D eigenvalue weighted by atomic mass is 10.1. The standard InChI is InChI=1S/C22H28ClN3O2/c1-16-13-20(21(28-3)14-19(16)23)24-22(27)17(2)26-11-9-25(10-12-26)15-18-7-5-4-6-8-18/h4-8,13-14,17H,9-12,15H2,1-3H3,(H,24,27)/p+2/t17-/m0/s1. The van der Waals surface area contributed by atoms with Crippen LogP contribution >= 0.6 is 11.6 Å². The van der Waals surface area contributed by atoms with E-state index in [0.717, 1.165) is 38.3 Å². The summed E-state index contributed by atoms with van der Waals surface area (Å²) in [4.78, 5) is 15.7. The normalized spacial score (nSPS) is 20.4. The molecule has 1 fully saturated rings. The lowest BCUT2D eigenvalue weighted by Crippen LogP contribution is -3.29. The number of piperazine rings is 1. The van der Waals surface area contributed by atoms with Crippen LogP contribution in [0.15, 0.2) is 42.5 Å². The Morgan fingerprint density at radius 1 is 1.18 bits per heavy atom. The van der Waals surface area contributed by atoms with E-state index in [4.69, 9.17) is 16.3 Å². The number of methoxy groups -OCH3 is 1. The Kier molecular flexibility index (Phi) is 6.94. The molecule has 1 aliphatic heterocycles. The third kappa shape index (κ3) is 5.04. The maximum absolute atomic E-state index is 12.8. The first-order valence-corrected chi connectivity index (χ1v) is 10.2.